The lowest BCUT2D eigenvalue weighted by molar-refractivity contribution is -0.384. The third kappa shape index (κ3) is 4.74. The zero-order valence-corrected chi connectivity index (χ0v) is 16.4. The van der Waals surface area contributed by atoms with Crippen LogP contribution in [0.5, 0.6) is 0 Å². The summed E-state index contributed by atoms with van der Waals surface area (Å²) in [6.45, 7) is 3.99. The highest BCUT2D eigenvalue weighted by Crippen LogP contribution is 2.27. The molecule has 30 heavy (non-hydrogen) atoms. The molecular weight excluding hydrogens is 391 g/mol. The minimum atomic E-state index is -0.432. The largest absolute Gasteiger partial charge is 0.378 e. The first-order valence-electron chi connectivity index (χ1n) is 9.83. The van der Waals surface area contributed by atoms with Crippen molar-refractivity contribution in [3.8, 4) is 0 Å². The van der Waals surface area contributed by atoms with Gasteiger partial charge in [0.15, 0.2) is 0 Å². The van der Waals surface area contributed by atoms with Gasteiger partial charge in [-0.25, -0.2) is 4.39 Å². The Kier molecular flexibility index (Phi) is 6.20. The van der Waals surface area contributed by atoms with Gasteiger partial charge in [-0.1, -0.05) is 12.1 Å². The van der Waals surface area contributed by atoms with E-state index in [1.54, 1.807) is 24.4 Å². The van der Waals surface area contributed by atoms with Crippen LogP contribution in [-0.4, -0.2) is 63.4 Å². The molecule has 2 aliphatic heterocycles. The molecule has 2 aliphatic rings. The Bertz CT molecular complexity index is 933. The van der Waals surface area contributed by atoms with Crippen molar-refractivity contribution in [3.05, 3.63) is 64.0 Å². The molecular formula is C21H23FN4O4. The van der Waals surface area contributed by atoms with Gasteiger partial charge in [0.05, 0.1) is 36.5 Å². The molecule has 8 nitrogen and oxygen atoms in total. The van der Waals surface area contributed by atoms with Gasteiger partial charge < -0.3 is 19.3 Å². The molecule has 0 saturated carbocycles. The summed E-state index contributed by atoms with van der Waals surface area (Å²) >= 11 is 0. The predicted octanol–water partition coefficient (Wildman–Crippen LogP) is 2.85. The van der Waals surface area contributed by atoms with Gasteiger partial charge in [-0.3, -0.25) is 15.1 Å². The molecule has 0 N–H and O–H groups in total. The second-order valence-corrected chi connectivity index (χ2v) is 7.22. The van der Waals surface area contributed by atoms with Gasteiger partial charge in [0.25, 0.3) is 5.69 Å². The maximum absolute atomic E-state index is 14.6. The summed E-state index contributed by atoms with van der Waals surface area (Å²) < 4.78 is 25.7. The standard InChI is InChI=1S/C21H23FN4O4/c22-20-11-17(4-5-21(20)24-6-8-29-9-7-24)25-14-19(30-15-25)13-23-12-16-2-1-3-18(10-16)26(27)28/h1-5,10-12,19H,6-9,13-15H2/t19-/m0/s1. The van der Waals surface area contributed by atoms with E-state index in [1.807, 2.05) is 21.9 Å². The lowest BCUT2D eigenvalue weighted by Crippen LogP contribution is -2.36. The van der Waals surface area contributed by atoms with Crippen LogP contribution in [0.15, 0.2) is 47.5 Å². The fraction of sp³-hybridized carbons (Fsp3) is 0.381. The zero-order valence-electron chi connectivity index (χ0n) is 16.4. The van der Waals surface area contributed by atoms with Crippen LogP contribution in [0, 0.1) is 15.9 Å². The number of nitro groups is 1. The molecule has 0 radical (unpaired) electrons. The van der Waals surface area contributed by atoms with Gasteiger partial charge >= 0.3 is 0 Å². The first-order chi connectivity index (χ1) is 14.6. The van der Waals surface area contributed by atoms with Gasteiger partial charge in [0.2, 0.25) is 0 Å². The topological polar surface area (TPSA) is 80.4 Å². The number of morpholine rings is 1. The predicted molar refractivity (Wildman–Crippen MR) is 112 cm³/mol. The van der Waals surface area contributed by atoms with E-state index in [0.29, 0.717) is 57.4 Å². The number of rotatable bonds is 6. The minimum Gasteiger partial charge on any atom is -0.378 e. The van der Waals surface area contributed by atoms with E-state index >= 15 is 0 Å². The molecule has 158 valence electrons. The second-order valence-electron chi connectivity index (χ2n) is 7.22. The number of hydrogen-bond acceptors (Lipinski definition) is 7. The fourth-order valence-corrected chi connectivity index (χ4v) is 3.58. The van der Waals surface area contributed by atoms with Gasteiger partial charge in [0, 0.05) is 43.7 Å². The average Bonchev–Trinajstić information content (AvgIpc) is 3.23. The lowest BCUT2D eigenvalue weighted by Gasteiger charge is -2.29. The molecule has 2 fully saturated rings. The number of halogens is 1. The van der Waals surface area contributed by atoms with E-state index < -0.39 is 4.92 Å². The van der Waals surface area contributed by atoms with Crippen molar-refractivity contribution in [2.24, 2.45) is 4.99 Å². The first kappa shape index (κ1) is 20.2. The van der Waals surface area contributed by atoms with Crippen molar-refractivity contribution >= 4 is 23.3 Å². The highest BCUT2D eigenvalue weighted by molar-refractivity contribution is 5.80. The number of aliphatic imine (C=N–C) groups is 1. The average molecular weight is 414 g/mol. The highest BCUT2D eigenvalue weighted by atomic mass is 19.1. The molecule has 1 atom stereocenters. The monoisotopic (exact) mass is 414 g/mol. The van der Waals surface area contributed by atoms with Crippen molar-refractivity contribution in [1.29, 1.82) is 0 Å². The smallest absolute Gasteiger partial charge is 0.270 e. The third-order valence-electron chi connectivity index (χ3n) is 5.17. The Balaban J connectivity index is 1.33. The van der Waals surface area contributed by atoms with Gasteiger partial charge in [-0.2, -0.15) is 0 Å². The van der Waals surface area contributed by atoms with Crippen LogP contribution in [0.1, 0.15) is 5.56 Å². The summed E-state index contributed by atoms with van der Waals surface area (Å²) in [5, 5.41) is 10.8. The molecule has 2 saturated heterocycles. The third-order valence-corrected chi connectivity index (χ3v) is 5.17. The Morgan fingerprint density at radius 3 is 2.80 bits per heavy atom. The molecule has 0 spiro atoms. The molecule has 0 unspecified atom stereocenters. The molecule has 2 aromatic carbocycles. The second kappa shape index (κ2) is 9.19. The molecule has 9 heteroatoms. The number of non-ortho nitro benzene ring substituents is 1. The van der Waals surface area contributed by atoms with Crippen LogP contribution in [0.25, 0.3) is 0 Å². The summed E-state index contributed by atoms with van der Waals surface area (Å²) in [7, 11) is 0. The molecule has 2 heterocycles. The van der Waals surface area contributed by atoms with Crippen LogP contribution in [0.4, 0.5) is 21.5 Å². The molecule has 0 aromatic heterocycles. The Morgan fingerprint density at radius 1 is 1.20 bits per heavy atom. The van der Waals surface area contributed by atoms with Crippen molar-refractivity contribution in [2.75, 3.05) is 55.9 Å². The lowest BCUT2D eigenvalue weighted by atomic mass is 10.2. The van der Waals surface area contributed by atoms with E-state index in [0.717, 1.165) is 5.69 Å². The molecule has 4 rings (SSSR count). The number of nitro benzene ring substituents is 1. The number of hydrogen-bond donors (Lipinski definition) is 0. The van der Waals surface area contributed by atoms with Crippen molar-refractivity contribution in [2.45, 2.75) is 6.10 Å². The van der Waals surface area contributed by atoms with Crippen molar-refractivity contribution < 1.29 is 18.8 Å². The Hall–Kier alpha value is -3.04. The SMILES string of the molecule is O=[N+]([O-])c1cccc(C=NC[C@H]2CN(c3ccc(N4CCOCC4)c(F)c3)CO2)c1. The molecule has 2 aromatic rings. The first-order valence-corrected chi connectivity index (χ1v) is 9.83. The van der Waals surface area contributed by atoms with Crippen LogP contribution in [0.3, 0.4) is 0 Å². The number of nitrogens with zero attached hydrogens (tertiary/aromatic N) is 4. The summed E-state index contributed by atoms with van der Waals surface area (Å²) in [5.41, 5.74) is 2.07. The maximum Gasteiger partial charge on any atom is 0.270 e. The van der Waals surface area contributed by atoms with Gasteiger partial charge in [-0.15, -0.1) is 0 Å². The van der Waals surface area contributed by atoms with E-state index in [1.165, 1.54) is 12.1 Å². The number of ether oxygens (including phenoxy) is 2. The molecule has 0 amide bonds. The van der Waals surface area contributed by atoms with Gasteiger partial charge in [0.1, 0.15) is 12.5 Å². The normalized spacial score (nSPS) is 19.6. The minimum absolute atomic E-state index is 0.0322. The summed E-state index contributed by atoms with van der Waals surface area (Å²) in [4.78, 5) is 18.7. The van der Waals surface area contributed by atoms with E-state index in [-0.39, 0.29) is 17.6 Å². The number of benzene rings is 2. The summed E-state index contributed by atoms with van der Waals surface area (Å²) in [5.74, 6) is -0.249. The Morgan fingerprint density at radius 2 is 2.03 bits per heavy atom. The van der Waals surface area contributed by atoms with E-state index in [2.05, 4.69) is 4.99 Å². The quantitative estimate of drug-likeness (QED) is 0.411. The van der Waals surface area contributed by atoms with E-state index in [9.17, 15) is 14.5 Å². The van der Waals surface area contributed by atoms with Crippen LogP contribution < -0.4 is 9.80 Å². The van der Waals surface area contributed by atoms with Crippen LogP contribution in [-0.2, 0) is 9.47 Å². The summed E-state index contributed by atoms with van der Waals surface area (Å²) in [6.07, 6.45) is 1.48. The van der Waals surface area contributed by atoms with Crippen molar-refractivity contribution in [3.63, 3.8) is 0 Å². The summed E-state index contributed by atoms with van der Waals surface area (Å²) in [6, 6.07) is 11.6. The van der Waals surface area contributed by atoms with Crippen LogP contribution >= 0.6 is 0 Å². The number of anilines is 2. The fourth-order valence-electron chi connectivity index (χ4n) is 3.58. The van der Waals surface area contributed by atoms with Gasteiger partial charge in [-0.05, 0) is 23.8 Å². The zero-order chi connectivity index (χ0) is 20.9. The Labute approximate surface area is 173 Å². The van der Waals surface area contributed by atoms with Crippen molar-refractivity contribution in [1.82, 2.24) is 0 Å². The molecule has 0 bridgehead atoms. The van der Waals surface area contributed by atoms with E-state index in [4.69, 9.17) is 9.47 Å². The highest BCUT2D eigenvalue weighted by Gasteiger charge is 2.24. The maximum atomic E-state index is 14.6. The molecule has 0 aliphatic carbocycles. The van der Waals surface area contributed by atoms with Crippen LogP contribution in [0.2, 0.25) is 0 Å².